The zero-order valence-electron chi connectivity index (χ0n) is 12.7. The summed E-state index contributed by atoms with van der Waals surface area (Å²) in [6, 6.07) is 17.4. The molecule has 0 atom stereocenters. The molecule has 112 valence electrons. The van der Waals surface area contributed by atoms with Crippen molar-refractivity contribution in [2.75, 3.05) is 0 Å². The van der Waals surface area contributed by atoms with Gasteiger partial charge in [-0.15, -0.1) is 11.8 Å². The Hall–Kier alpha value is -1.29. The highest BCUT2D eigenvalue weighted by molar-refractivity contribution is 7.98. The van der Waals surface area contributed by atoms with Crippen molar-refractivity contribution in [3.8, 4) is 0 Å². The number of nitrogens with one attached hydrogen (secondary N) is 1. The quantitative estimate of drug-likeness (QED) is 0.759. The molecule has 2 nitrogen and oxygen atoms in total. The minimum absolute atomic E-state index is 0.110. The fourth-order valence-electron chi connectivity index (χ4n) is 1.93. The van der Waals surface area contributed by atoms with E-state index < -0.39 is 0 Å². The van der Waals surface area contributed by atoms with Crippen molar-refractivity contribution >= 4 is 11.8 Å². The Bertz CT molecular complexity index is 534. The van der Waals surface area contributed by atoms with Gasteiger partial charge in [-0.1, -0.05) is 50.2 Å². The first-order valence-electron chi connectivity index (χ1n) is 7.31. The Morgan fingerprint density at radius 2 is 1.48 bits per heavy atom. The largest absolute Gasteiger partial charge is 0.392 e. The molecule has 0 aliphatic rings. The van der Waals surface area contributed by atoms with Gasteiger partial charge in [-0.25, -0.2) is 0 Å². The van der Waals surface area contributed by atoms with E-state index in [-0.39, 0.29) is 6.61 Å². The van der Waals surface area contributed by atoms with Gasteiger partial charge in [0, 0.05) is 23.2 Å². The molecule has 0 unspecified atom stereocenters. The van der Waals surface area contributed by atoms with Crippen LogP contribution in [0.5, 0.6) is 0 Å². The van der Waals surface area contributed by atoms with Gasteiger partial charge >= 0.3 is 0 Å². The molecule has 0 aliphatic heterocycles. The van der Waals surface area contributed by atoms with Gasteiger partial charge in [0.15, 0.2) is 0 Å². The summed E-state index contributed by atoms with van der Waals surface area (Å²) < 4.78 is 0. The first-order valence-corrected chi connectivity index (χ1v) is 8.29. The monoisotopic (exact) mass is 301 g/mol. The van der Waals surface area contributed by atoms with Crippen LogP contribution in [0.4, 0.5) is 0 Å². The van der Waals surface area contributed by atoms with Crippen LogP contribution in [0, 0.1) is 0 Å². The van der Waals surface area contributed by atoms with Crippen LogP contribution in [-0.2, 0) is 18.9 Å². The maximum atomic E-state index is 9.03. The van der Waals surface area contributed by atoms with Crippen molar-refractivity contribution in [1.82, 2.24) is 5.32 Å². The second-order valence-electron chi connectivity index (χ2n) is 5.44. The lowest BCUT2D eigenvalue weighted by molar-refractivity contribution is 0.282. The summed E-state index contributed by atoms with van der Waals surface area (Å²) in [5.41, 5.74) is 3.56. The van der Waals surface area contributed by atoms with Gasteiger partial charge in [0.2, 0.25) is 0 Å². The molecule has 0 amide bonds. The van der Waals surface area contributed by atoms with Gasteiger partial charge in [-0.3, -0.25) is 0 Å². The van der Waals surface area contributed by atoms with E-state index in [0.717, 1.165) is 17.9 Å². The summed E-state index contributed by atoms with van der Waals surface area (Å²) in [6.07, 6.45) is 0. The average molecular weight is 301 g/mol. The van der Waals surface area contributed by atoms with Gasteiger partial charge < -0.3 is 10.4 Å². The van der Waals surface area contributed by atoms with Gasteiger partial charge in [0.1, 0.15) is 0 Å². The van der Waals surface area contributed by atoms with E-state index in [9.17, 15) is 0 Å². The summed E-state index contributed by atoms with van der Waals surface area (Å²) >= 11 is 1.84. The number of hydrogen-bond acceptors (Lipinski definition) is 3. The van der Waals surface area contributed by atoms with Crippen LogP contribution in [0.3, 0.4) is 0 Å². The highest BCUT2D eigenvalue weighted by Crippen LogP contribution is 2.23. The summed E-state index contributed by atoms with van der Waals surface area (Å²) in [4.78, 5) is 1.29. The number of rotatable bonds is 7. The van der Waals surface area contributed by atoms with Crippen LogP contribution >= 0.6 is 11.8 Å². The Kier molecular flexibility index (Phi) is 6.30. The van der Waals surface area contributed by atoms with Gasteiger partial charge in [-0.2, -0.15) is 0 Å². The maximum Gasteiger partial charge on any atom is 0.0681 e. The molecule has 0 saturated heterocycles. The zero-order chi connectivity index (χ0) is 15.1. The Balaban J connectivity index is 1.85. The lowest BCUT2D eigenvalue weighted by Crippen LogP contribution is -2.21. The lowest BCUT2D eigenvalue weighted by Gasteiger charge is -2.09. The third-order valence-corrected chi connectivity index (χ3v) is 4.33. The SMILES string of the molecule is CC(C)NCc1ccc(SCc2ccc(CO)cc2)cc1. The molecule has 0 heterocycles. The number of aliphatic hydroxyl groups is 1. The van der Waals surface area contributed by atoms with E-state index in [0.29, 0.717) is 6.04 Å². The molecule has 0 bridgehead atoms. The second kappa shape index (κ2) is 8.23. The molecule has 0 fully saturated rings. The third-order valence-electron chi connectivity index (χ3n) is 3.25. The van der Waals surface area contributed by atoms with Crippen molar-refractivity contribution in [2.45, 2.75) is 43.7 Å². The number of benzene rings is 2. The van der Waals surface area contributed by atoms with E-state index in [1.165, 1.54) is 16.0 Å². The highest BCUT2D eigenvalue weighted by Gasteiger charge is 1.99. The van der Waals surface area contributed by atoms with Crippen molar-refractivity contribution in [3.63, 3.8) is 0 Å². The third kappa shape index (κ3) is 5.54. The Morgan fingerprint density at radius 3 is 2.05 bits per heavy atom. The van der Waals surface area contributed by atoms with E-state index in [2.05, 4.69) is 55.6 Å². The Morgan fingerprint density at radius 1 is 0.905 bits per heavy atom. The van der Waals surface area contributed by atoms with Crippen LogP contribution in [0.1, 0.15) is 30.5 Å². The fourth-order valence-corrected chi connectivity index (χ4v) is 2.79. The zero-order valence-corrected chi connectivity index (χ0v) is 13.5. The van der Waals surface area contributed by atoms with E-state index in [1.54, 1.807) is 0 Å². The molecule has 0 spiro atoms. The van der Waals surface area contributed by atoms with Crippen LogP contribution < -0.4 is 5.32 Å². The van der Waals surface area contributed by atoms with Gasteiger partial charge in [0.25, 0.3) is 0 Å². The van der Waals surface area contributed by atoms with Crippen molar-refractivity contribution in [3.05, 3.63) is 65.2 Å². The minimum Gasteiger partial charge on any atom is -0.392 e. The summed E-state index contributed by atoms with van der Waals surface area (Å²) in [7, 11) is 0. The molecule has 0 saturated carbocycles. The smallest absolute Gasteiger partial charge is 0.0681 e. The molecule has 0 aromatic heterocycles. The van der Waals surface area contributed by atoms with E-state index >= 15 is 0 Å². The van der Waals surface area contributed by atoms with Crippen molar-refractivity contribution in [2.24, 2.45) is 0 Å². The predicted octanol–water partition coefficient (Wildman–Crippen LogP) is 3.97. The minimum atomic E-state index is 0.110. The van der Waals surface area contributed by atoms with Crippen LogP contribution in [0.15, 0.2) is 53.4 Å². The molecular weight excluding hydrogens is 278 g/mol. The Labute approximate surface area is 131 Å². The topological polar surface area (TPSA) is 32.3 Å². The molecule has 21 heavy (non-hydrogen) atoms. The van der Waals surface area contributed by atoms with Crippen molar-refractivity contribution < 1.29 is 5.11 Å². The van der Waals surface area contributed by atoms with Crippen LogP contribution in [-0.4, -0.2) is 11.1 Å². The first-order chi connectivity index (χ1) is 10.2. The molecule has 3 heteroatoms. The molecule has 0 radical (unpaired) electrons. The highest BCUT2D eigenvalue weighted by atomic mass is 32.2. The van der Waals surface area contributed by atoms with Crippen molar-refractivity contribution in [1.29, 1.82) is 0 Å². The lowest BCUT2D eigenvalue weighted by atomic mass is 10.2. The maximum absolute atomic E-state index is 9.03. The first kappa shape index (κ1) is 16.1. The summed E-state index contributed by atoms with van der Waals surface area (Å²) in [5.74, 6) is 0.954. The fraction of sp³-hybridized carbons (Fsp3) is 0.333. The molecular formula is C18H23NOS. The normalized spacial score (nSPS) is 11.0. The molecule has 2 N–H and O–H groups in total. The molecule has 2 aromatic rings. The average Bonchev–Trinajstić information content (AvgIpc) is 2.52. The number of thioether (sulfide) groups is 1. The van der Waals surface area contributed by atoms with Gasteiger partial charge in [-0.05, 0) is 28.8 Å². The standard InChI is InChI=1S/C18H23NOS/c1-14(2)19-11-15-7-9-18(10-8-15)21-13-17-5-3-16(12-20)4-6-17/h3-10,14,19-20H,11-13H2,1-2H3. The van der Waals surface area contributed by atoms with E-state index in [4.69, 9.17) is 5.11 Å². The van der Waals surface area contributed by atoms with Crippen LogP contribution in [0.25, 0.3) is 0 Å². The molecule has 0 aliphatic carbocycles. The number of hydrogen-bond donors (Lipinski definition) is 2. The van der Waals surface area contributed by atoms with E-state index in [1.807, 2.05) is 23.9 Å². The second-order valence-corrected chi connectivity index (χ2v) is 6.49. The molecule has 2 aromatic carbocycles. The summed E-state index contributed by atoms with van der Waals surface area (Å²) in [5, 5.41) is 12.5. The van der Waals surface area contributed by atoms with Crippen LogP contribution in [0.2, 0.25) is 0 Å². The summed E-state index contributed by atoms with van der Waals surface area (Å²) in [6.45, 7) is 5.35. The van der Waals surface area contributed by atoms with Gasteiger partial charge in [0.05, 0.1) is 6.61 Å². The number of aliphatic hydroxyl groups excluding tert-OH is 1. The molecule has 2 rings (SSSR count). The predicted molar refractivity (Wildman–Crippen MR) is 90.3 cm³/mol.